The van der Waals surface area contributed by atoms with Gasteiger partial charge in [-0.2, -0.15) is 0 Å². The van der Waals surface area contributed by atoms with Gasteiger partial charge in [0.05, 0.1) is 0 Å². The summed E-state index contributed by atoms with van der Waals surface area (Å²) in [5.74, 6) is 0.445. The van der Waals surface area contributed by atoms with Crippen LogP contribution in [0.4, 0.5) is 4.39 Å². The molecule has 16 heavy (non-hydrogen) atoms. The molecule has 2 unspecified atom stereocenters. The molecule has 1 rings (SSSR count). The molecule has 0 aromatic heterocycles. The van der Waals surface area contributed by atoms with Crippen LogP contribution in [0, 0.1) is 12.7 Å². The molecule has 0 spiro atoms. The standard InChI is InChI=1S/C11H18BFOP2/c1-5-7(13)6(12)8(10(16)9(5)15)14-11(2,3)4/h12,15-16H2,1-4H3. The number of hydrogen-bond donors (Lipinski definition) is 0. The Bertz CT molecular complexity index is 398. The van der Waals surface area contributed by atoms with E-state index in [1.54, 1.807) is 14.8 Å². The van der Waals surface area contributed by atoms with Crippen LogP contribution in [-0.2, 0) is 0 Å². The Morgan fingerprint density at radius 1 is 1.19 bits per heavy atom. The third kappa shape index (κ3) is 2.76. The number of hydrogen-bond acceptors (Lipinski definition) is 1. The van der Waals surface area contributed by atoms with Crippen LogP contribution in [0.25, 0.3) is 0 Å². The Labute approximate surface area is 102 Å². The monoisotopic (exact) mass is 258 g/mol. The molecule has 1 aromatic carbocycles. The lowest BCUT2D eigenvalue weighted by Gasteiger charge is -2.26. The van der Waals surface area contributed by atoms with Gasteiger partial charge in [-0.1, -0.05) is 0 Å². The van der Waals surface area contributed by atoms with Gasteiger partial charge >= 0.3 is 0 Å². The van der Waals surface area contributed by atoms with E-state index in [1.807, 2.05) is 20.8 Å². The molecule has 1 nitrogen and oxygen atoms in total. The zero-order valence-electron chi connectivity index (χ0n) is 10.4. The molecule has 0 radical (unpaired) electrons. The summed E-state index contributed by atoms with van der Waals surface area (Å²) in [6.45, 7) is 7.64. The highest BCUT2D eigenvalue weighted by molar-refractivity contribution is 7.36. The summed E-state index contributed by atoms with van der Waals surface area (Å²) >= 11 is 0. The van der Waals surface area contributed by atoms with Crippen molar-refractivity contribution in [2.45, 2.75) is 33.3 Å². The van der Waals surface area contributed by atoms with E-state index in [0.29, 0.717) is 16.8 Å². The maximum absolute atomic E-state index is 13.9. The van der Waals surface area contributed by atoms with Gasteiger partial charge < -0.3 is 4.74 Å². The molecule has 5 heteroatoms. The Kier molecular flexibility index (Phi) is 4.03. The lowest BCUT2D eigenvalue weighted by atomic mass is 9.92. The van der Waals surface area contributed by atoms with Gasteiger partial charge in [0.25, 0.3) is 0 Å². The van der Waals surface area contributed by atoms with Crippen LogP contribution in [-0.4, -0.2) is 13.4 Å². The molecular weight excluding hydrogens is 240 g/mol. The first-order valence-electron chi connectivity index (χ1n) is 5.17. The largest absolute Gasteiger partial charge is 0.488 e. The second kappa shape index (κ2) is 4.63. The molecule has 0 fully saturated rings. The Morgan fingerprint density at radius 2 is 1.69 bits per heavy atom. The molecule has 0 amide bonds. The average Bonchev–Trinajstić information content (AvgIpc) is 2.17. The van der Waals surface area contributed by atoms with Crippen LogP contribution in [0.15, 0.2) is 0 Å². The van der Waals surface area contributed by atoms with Gasteiger partial charge in [0.2, 0.25) is 0 Å². The van der Waals surface area contributed by atoms with Gasteiger partial charge in [-0.05, 0) is 44.0 Å². The maximum Gasteiger partial charge on any atom is 0.148 e. The number of ether oxygens (including phenoxy) is 1. The molecule has 1 aromatic rings. The van der Waals surface area contributed by atoms with Gasteiger partial charge in [-0.15, -0.1) is 18.5 Å². The van der Waals surface area contributed by atoms with Crippen LogP contribution in [0.3, 0.4) is 0 Å². The van der Waals surface area contributed by atoms with E-state index in [2.05, 4.69) is 18.5 Å². The van der Waals surface area contributed by atoms with Crippen molar-refractivity contribution in [3.8, 4) is 5.75 Å². The quantitative estimate of drug-likeness (QED) is 0.528. The fourth-order valence-corrected chi connectivity index (χ4v) is 2.21. The minimum Gasteiger partial charge on any atom is -0.488 e. The molecule has 0 aliphatic heterocycles. The molecule has 0 aliphatic carbocycles. The first-order chi connectivity index (χ1) is 7.15. The number of rotatable bonds is 1. The van der Waals surface area contributed by atoms with Crippen molar-refractivity contribution >= 4 is 42.4 Å². The number of benzene rings is 1. The summed E-state index contributed by atoms with van der Waals surface area (Å²) in [4.78, 5) is 0. The topological polar surface area (TPSA) is 9.23 Å². The summed E-state index contributed by atoms with van der Waals surface area (Å²) in [6, 6.07) is 0. The predicted molar refractivity (Wildman–Crippen MR) is 78.4 cm³/mol. The highest BCUT2D eigenvalue weighted by Gasteiger charge is 2.20. The SMILES string of the molecule is Bc1c(F)c(C)c(P)c(P)c1OC(C)(C)C. The van der Waals surface area contributed by atoms with Gasteiger partial charge in [0.15, 0.2) is 0 Å². The zero-order valence-corrected chi connectivity index (χ0v) is 12.8. The Balaban J connectivity index is 3.40. The van der Waals surface area contributed by atoms with Crippen LogP contribution in [0.1, 0.15) is 26.3 Å². The molecule has 88 valence electrons. The second-order valence-corrected chi connectivity index (χ2v) is 6.09. The van der Waals surface area contributed by atoms with Crippen molar-refractivity contribution in [2.24, 2.45) is 0 Å². The second-order valence-electron chi connectivity index (χ2n) is 4.93. The van der Waals surface area contributed by atoms with Gasteiger partial charge in [-0.3, -0.25) is 0 Å². The van der Waals surface area contributed by atoms with Crippen molar-refractivity contribution in [3.63, 3.8) is 0 Å². The fraction of sp³-hybridized carbons (Fsp3) is 0.455. The summed E-state index contributed by atoms with van der Waals surface area (Å²) in [7, 11) is 6.94. The lowest BCUT2D eigenvalue weighted by Crippen LogP contribution is -2.35. The summed E-state index contributed by atoms with van der Waals surface area (Å²) in [5, 5.41) is 1.77. The summed E-state index contributed by atoms with van der Waals surface area (Å²) < 4.78 is 19.7. The van der Waals surface area contributed by atoms with E-state index in [-0.39, 0.29) is 11.4 Å². The van der Waals surface area contributed by atoms with Gasteiger partial charge in [0.1, 0.15) is 25.0 Å². The Morgan fingerprint density at radius 3 is 2.12 bits per heavy atom. The van der Waals surface area contributed by atoms with E-state index in [1.165, 1.54) is 0 Å². The van der Waals surface area contributed by atoms with E-state index in [0.717, 1.165) is 10.6 Å². The van der Waals surface area contributed by atoms with Crippen molar-refractivity contribution in [2.75, 3.05) is 0 Å². The highest BCUT2D eigenvalue weighted by Crippen LogP contribution is 2.18. The van der Waals surface area contributed by atoms with E-state index < -0.39 is 0 Å². The average molecular weight is 258 g/mol. The van der Waals surface area contributed by atoms with Crippen molar-refractivity contribution in [1.29, 1.82) is 0 Å². The van der Waals surface area contributed by atoms with E-state index in [9.17, 15) is 4.39 Å². The van der Waals surface area contributed by atoms with E-state index in [4.69, 9.17) is 4.74 Å². The first-order valence-corrected chi connectivity index (χ1v) is 6.33. The number of halogens is 1. The van der Waals surface area contributed by atoms with Crippen molar-refractivity contribution < 1.29 is 9.13 Å². The van der Waals surface area contributed by atoms with Gasteiger partial charge in [-0.25, -0.2) is 4.39 Å². The molecule has 0 saturated heterocycles. The van der Waals surface area contributed by atoms with Crippen molar-refractivity contribution in [3.05, 3.63) is 11.4 Å². The van der Waals surface area contributed by atoms with Crippen molar-refractivity contribution in [1.82, 2.24) is 0 Å². The molecule has 0 N–H and O–H groups in total. The molecule has 0 heterocycles. The molecule has 0 aliphatic rings. The summed E-state index contributed by atoms with van der Waals surface area (Å²) in [6.07, 6.45) is 0. The normalized spacial score (nSPS) is 11.7. The summed E-state index contributed by atoms with van der Waals surface area (Å²) in [5.41, 5.74) is 0.909. The van der Waals surface area contributed by atoms with Crippen LogP contribution in [0.2, 0.25) is 0 Å². The first kappa shape index (κ1) is 13.9. The van der Waals surface area contributed by atoms with Crippen LogP contribution in [0.5, 0.6) is 5.75 Å². The fourth-order valence-electron chi connectivity index (χ4n) is 1.46. The molecule has 0 saturated carbocycles. The van der Waals surface area contributed by atoms with E-state index >= 15 is 0 Å². The Hall–Kier alpha value is -0.125. The predicted octanol–water partition coefficient (Wildman–Crippen LogP) is 0.571. The molecule has 2 atom stereocenters. The van der Waals surface area contributed by atoms with Crippen LogP contribution < -0.4 is 20.8 Å². The zero-order chi connectivity index (χ0) is 12.7. The minimum atomic E-state index is -0.325. The molecule has 0 bridgehead atoms. The third-order valence-electron chi connectivity index (χ3n) is 2.35. The smallest absolute Gasteiger partial charge is 0.148 e. The van der Waals surface area contributed by atoms with Crippen LogP contribution >= 0.6 is 18.5 Å². The lowest BCUT2D eigenvalue weighted by molar-refractivity contribution is 0.134. The highest BCUT2D eigenvalue weighted by atomic mass is 31.0. The van der Waals surface area contributed by atoms with Gasteiger partial charge in [0, 0.05) is 5.30 Å². The molecular formula is C11H18BFOP2. The third-order valence-corrected chi connectivity index (χ3v) is 4.00. The minimum absolute atomic E-state index is 0.185. The maximum atomic E-state index is 13.9.